The van der Waals surface area contributed by atoms with Crippen LogP contribution in [0, 0.1) is 5.41 Å². The Morgan fingerprint density at radius 2 is 1.95 bits per heavy atom. The Morgan fingerprint density at radius 3 is 2.45 bits per heavy atom. The second-order valence-corrected chi connectivity index (χ2v) is 5.94. The summed E-state index contributed by atoms with van der Waals surface area (Å²) < 4.78 is 0. The van der Waals surface area contributed by atoms with E-state index < -0.39 is 6.10 Å². The fraction of sp³-hybridized carbons (Fsp3) is 0.562. The molecule has 0 aliphatic carbocycles. The molecule has 0 saturated carbocycles. The van der Waals surface area contributed by atoms with Gasteiger partial charge in [-0.05, 0) is 23.9 Å². The Balaban J connectivity index is 2.83. The Kier molecular flexibility index (Phi) is 6.17. The number of rotatable bonds is 7. The summed E-state index contributed by atoms with van der Waals surface area (Å²) in [5.41, 5.74) is 6.21. The molecular weight excluding hydrogens is 252 g/mol. The van der Waals surface area contributed by atoms with Crippen LogP contribution in [0.2, 0.25) is 0 Å². The van der Waals surface area contributed by atoms with Crippen LogP contribution in [-0.4, -0.2) is 35.5 Å². The number of hydrogen-bond donors (Lipinski definition) is 2. The first-order chi connectivity index (χ1) is 9.41. The van der Waals surface area contributed by atoms with E-state index in [1.807, 2.05) is 39.0 Å². The second kappa shape index (κ2) is 7.41. The highest BCUT2D eigenvalue weighted by molar-refractivity contribution is 5.82. The van der Waals surface area contributed by atoms with Crippen molar-refractivity contribution in [1.82, 2.24) is 4.90 Å². The first kappa shape index (κ1) is 16.7. The van der Waals surface area contributed by atoms with Gasteiger partial charge in [-0.3, -0.25) is 4.79 Å². The van der Waals surface area contributed by atoms with E-state index in [1.165, 1.54) is 0 Å². The lowest BCUT2D eigenvalue weighted by molar-refractivity contribution is -0.142. The number of carbonyl (C=O) groups is 1. The van der Waals surface area contributed by atoms with Crippen molar-refractivity contribution in [3.8, 4) is 0 Å². The zero-order chi connectivity index (χ0) is 15.2. The maximum atomic E-state index is 12.5. The summed E-state index contributed by atoms with van der Waals surface area (Å²) in [6, 6.07) is 9.03. The van der Waals surface area contributed by atoms with Crippen molar-refractivity contribution in [2.75, 3.05) is 19.6 Å². The van der Waals surface area contributed by atoms with E-state index in [0.717, 1.165) is 6.42 Å². The highest BCUT2D eigenvalue weighted by Crippen LogP contribution is 2.20. The van der Waals surface area contributed by atoms with E-state index in [9.17, 15) is 9.90 Å². The lowest BCUT2D eigenvalue weighted by atomic mass is 9.92. The molecule has 0 saturated heterocycles. The van der Waals surface area contributed by atoms with Gasteiger partial charge in [0.05, 0.1) is 0 Å². The predicted octanol–water partition coefficient (Wildman–Crippen LogP) is 1.94. The Hall–Kier alpha value is -1.39. The third kappa shape index (κ3) is 4.62. The van der Waals surface area contributed by atoms with Crippen LogP contribution in [0.4, 0.5) is 0 Å². The molecule has 1 amide bonds. The molecule has 1 aromatic rings. The fourth-order valence-electron chi connectivity index (χ4n) is 2.07. The fourth-order valence-corrected chi connectivity index (χ4v) is 2.07. The monoisotopic (exact) mass is 278 g/mol. The lowest BCUT2D eigenvalue weighted by Gasteiger charge is -2.33. The molecule has 1 aromatic carbocycles. The van der Waals surface area contributed by atoms with Gasteiger partial charge in [0, 0.05) is 13.1 Å². The number of amides is 1. The molecule has 1 unspecified atom stereocenters. The van der Waals surface area contributed by atoms with E-state index in [2.05, 4.69) is 0 Å². The van der Waals surface area contributed by atoms with Crippen LogP contribution < -0.4 is 5.73 Å². The standard InChI is InChI=1S/C16H26N2O2/c1-4-10-18(12-16(2,3)11-17)15(20)14(19)13-8-6-5-7-9-13/h5-9,14,19H,4,10-12,17H2,1-3H3. The van der Waals surface area contributed by atoms with Gasteiger partial charge in [0.15, 0.2) is 6.10 Å². The van der Waals surface area contributed by atoms with Gasteiger partial charge >= 0.3 is 0 Å². The molecule has 0 heterocycles. The number of hydrogen-bond acceptors (Lipinski definition) is 3. The van der Waals surface area contributed by atoms with Crippen LogP contribution >= 0.6 is 0 Å². The number of benzene rings is 1. The first-order valence-corrected chi connectivity index (χ1v) is 7.13. The number of nitrogens with zero attached hydrogens (tertiary/aromatic N) is 1. The summed E-state index contributed by atoms with van der Waals surface area (Å²) in [6.45, 7) is 7.76. The zero-order valence-corrected chi connectivity index (χ0v) is 12.7. The summed E-state index contributed by atoms with van der Waals surface area (Å²) in [6.07, 6.45) is -0.246. The van der Waals surface area contributed by atoms with Crippen molar-refractivity contribution in [2.45, 2.75) is 33.3 Å². The van der Waals surface area contributed by atoms with Crippen molar-refractivity contribution < 1.29 is 9.90 Å². The van der Waals surface area contributed by atoms with E-state index in [0.29, 0.717) is 25.2 Å². The summed E-state index contributed by atoms with van der Waals surface area (Å²) in [5, 5.41) is 10.2. The van der Waals surface area contributed by atoms with Crippen LogP contribution in [0.15, 0.2) is 30.3 Å². The minimum absolute atomic E-state index is 0.152. The molecule has 0 aliphatic heterocycles. The van der Waals surface area contributed by atoms with Gasteiger partial charge < -0.3 is 15.7 Å². The smallest absolute Gasteiger partial charge is 0.256 e. The number of aliphatic hydroxyl groups excluding tert-OH is 1. The zero-order valence-electron chi connectivity index (χ0n) is 12.7. The molecular formula is C16H26N2O2. The Bertz CT molecular complexity index is 418. The Morgan fingerprint density at radius 1 is 1.35 bits per heavy atom. The highest BCUT2D eigenvalue weighted by Gasteiger charge is 2.28. The molecule has 112 valence electrons. The molecule has 4 nitrogen and oxygen atoms in total. The lowest BCUT2D eigenvalue weighted by Crippen LogP contribution is -2.44. The molecule has 20 heavy (non-hydrogen) atoms. The molecule has 0 spiro atoms. The van der Waals surface area contributed by atoms with Crippen LogP contribution in [-0.2, 0) is 4.79 Å². The van der Waals surface area contributed by atoms with Gasteiger partial charge in [0.1, 0.15) is 0 Å². The van der Waals surface area contributed by atoms with Crippen molar-refractivity contribution >= 4 is 5.91 Å². The summed E-state index contributed by atoms with van der Waals surface area (Å²) in [7, 11) is 0. The number of aliphatic hydroxyl groups is 1. The third-order valence-corrected chi connectivity index (χ3v) is 3.33. The van der Waals surface area contributed by atoms with E-state index >= 15 is 0 Å². The second-order valence-electron chi connectivity index (χ2n) is 5.94. The molecule has 3 N–H and O–H groups in total. The quantitative estimate of drug-likeness (QED) is 0.801. The minimum Gasteiger partial charge on any atom is -0.378 e. The maximum absolute atomic E-state index is 12.5. The highest BCUT2D eigenvalue weighted by atomic mass is 16.3. The molecule has 0 radical (unpaired) electrons. The summed E-state index contributed by atoms with van der Waals surface area (Å²) in [4.78, 5) is 14.2. The summed E-state index contributed by atoms with van der Waals surface area (Å²) >= 11 is 0. The van der Waals surface area contributed by atoms with E-state index in [1.54, 1.807) is 17.0 Å². The van der Waals surface area contributed by atoms with Gasteiger partial charge in [-0.2, -0.15) is 0 Å². The normalized spacial score (nSPS) is 13.1. The van der Waals surface area contributed by atoms with Gasteiger partial charge in [-0.15, -0.1) is 0 Å². The third-order valence-electron chi connectivity index (χ3n) is 3.33. The Labute approximate surface area is 121 Å². The molecule has 1 atom stereocenters. The van der Waals surface area contributed by atoms with Crippen molar-refractivity contribution in [1.29, 1.82) is 0 Å². The van der Waals surface area contributed by atoms with Gasteiger partial charge in [0.2, 0.25) is 0 Å². The van der Waals surface area contributed by atoms with Crippen molar-refractivity contribution in [2.24, 2.45) is 11.1 Å². The average Bonchev–Trinajstić information content (AvgIpc) is 2.46. The average molecular weight is 278 g/mol. The van der Waals surface area contributed by atoms with E-state index in [4.69, 9.17) is 5.73 Å². The molecule has 0 fully saturated rings. The molecule has 0 aromatic heterocycles. The maximum Gasteiger partial charge on any atom is 0.256 e. The van der Waals surface area contributed by atoms with Crippen LogP contribution in [0.5, 0.6) is 0 Å². The summed E-state index contributed by atoms with van der Waals surface area (Å²) in [5.74, 6) is -0.250. The number of nitrogens with two attached hydrogens (primary N) is 1. The van der Waals surface area contributed by atoms with E-state index in [-0.39, 0.29) is 11.3 Å². The molecule has 4 heteroatoms. The van der Waals surface area contributed by atoms with Gasteiger partial charge in [0.25, 0.3) is 5.91 Å². The minimum atomic E-state index is -1.10. The molecule has 1 rings (SSSR count). The van der Waals surface area contributed by atoms with Crippen LogP contribution in [0.1, 0.15) is 38.9 Å². The van der Waals surface area contributed by atoms with Crippen LogP contribution in [0.25, 0.3) is 0 Å². The van der Waals surface area contributed by atoms with Crippen molar-refractivity contribution in [3.63, 3.8) is 0 Å². The van der Waals surface area contributed by atoms with Gasteiger partial charge in [-0.1, -0.05) is 51.1 Å². The SMILES string of the molecule is CCCN(CC(C)(C)CN)C(=O)C(O)c1ccccc1. The van der Waals surface area contributed by atoms with Crippen molar-refractivity contribution in [3.05, 3.63) is 35.9 Å². The predicted molar refractivity (Wildman–Crippen MR) is 81.1 cm³/mol. The molecule has 0 bridgehead atoms. The van der Waals surface area contributed by atoms with Crippen LogP contribution in [0.3, 0.4) is 0 Å². The topological polar surface area (TPSA) is 66.6 Å². The number of carbonyl (C=O) groups excluding carboxylic acids is 1. The first-order valence-electron chi connectivity index (χ1n) is 7.13. The van der Waals surface area contributed by atoms with Gasteiger partial charge in [-0.25, -0.2) is 0 Å². The largest absolute Gasteiger partial charge is 0.378 e. The molecule has 0 aliphatic rings.